The Kier molecular flexibility index (Phi) is 4.19. The highest BCUT2D eigenvalue weighted by Crippen LogP contribution is 2.20. The fourth-order valence-electron chi connectivity index (χ4n) is 2.16. The molecule has 1 aliphatic heterocycles. The summed E-state index contributed by atoms with van der Waals surface area (Å²) in [5, 5.41) is 0. The number of benzene rings is 1. The fourth-order valence-corrected chi connectivity index (χ4v) is 2.58. The SMILES string of the molecule is NC(=O)[C@H]1CCN(C(=O)Cc2ccc(F)c(Br)c2)C1. The first-order chi connectivity index (χ1) is 8.97. The monoisotopic (exact) mass is 328 g/mol. The van der Waals surface area contributed by atoms with E-state index in [-0.39, 0.29) is 30.0 Å². The molecule has 4 nitrogen and oxygen atoms in total. The van der Waals surface area contributed by atoms with E-state index in [9.17, 15) is 14.0 Å². The van der Waals surface area contributed by atoms with Gasteiger partial charge in [-0.15, -0.1) is 0 Å². The molecule has 2 rings (SSSR count). The first-order valence-electron chi connectivity index (χ1n) is 5.98. The number of rotatable bonds is 3. The van der Waals surface area contributed by atoms with Gasteiger partial charge in [-0.1, -0.05) is 6.07 Å². The lowest BCUT2D eigenvalue weighted by Gasteiger charge is -2.16. The van der Waals surface area contributed by atoms with E-state index < -0.39 is 0 Å². The molecular weight excluding hydrogens is 315 g/mol. The predicted octanol–water partition coefficient (Wildman–Crippen LogP) is 1.46. The van der Waals surface area contributed by atoms with Crippen LogP contribution in [0.15, 0.2) is 22.7 Å². The largest absolute Gasteiger partial charge is 0.369 e. The third-order valence-corrected chi connectivity index (χ3v) is 3.89. The third kappa shape index (κ3) is 3.32. The van der Waals surface area contributed by atoms with Gasteiger partial charge in [-0.25, -0.2) is 4.39 Å². The third-order valence-electron chi connectivity index (χ3n) is 3.28. The van der Waals surface area contributed by atoms with Crippen molar-refractivity contribution in [3.8, 4) is 0 Å². The van der Waals surface area contributed by atoms with E-state index in [4.69, 9.17) is 5.73 Å². The standard InChI is InChI=1S/C13H14BrFN2O2/c14-10-5-8(1-2-11(10)15)6-12(18)17-4-3-9(7-17)13(16)19/h1-2,5,9H,3-4,6-7H2,(H2,16,19)/t9-/m0/s1. The maximum Gasteiger partial charge on any atom is 0.227 e. The molecule has 0 saturated carbocycles. The van der Waals surface area contributed by atoms with Crippen molar-refractivity contribution in [2.45, 2.75) is 12.8 Å². The number of nitrogens with two attached hydrogens (primary N) is 1. The van der Waals surface area contributed by atoms with Crippen LogP contribution in [-0.2, 0) is 16.0 Å². The molecule has 0 unspecified atom stereocenters. The van der Waals surface area contributed by atoms with Crippen LogP contribution in [0, 0.1) is 11.7 Å². The van der Waals surface area contributed by atoms with Crippen molar-refractivity contribution < 1.29 is 14.0 Å². The zero-order chi connectivity index (χ0) is 14.0. The topological polar surface area (TPSA) is 63.4 Å². The summed E-state index contributed by atoms with van der Waals surface area (Å²) in [6.45, 7) is 0.936. The normalized spacial score (nSPS) is 18.6. The minimum atomic E-state index is -0.361. The molecule has 0 bridgehead atoms. The average molecular weight is 329 g/mol. The summed E-state index contributed by atoms with van der Waals surface area (Å²) >= 11 is 3.09. The van der Waals surface area contributed by atoms with Gasteiger partial charge in [-0.3, -0.25) is 9.59 Å². The van der Waals surface area contributed by atoms with Crippen molar-refractivity contribution in [2.75, 3.05) is 13.1 Å². The van der Waals surface area contributed by atoms with E-state index in [0.717, 1.165) is 5.56 Å². The lowest BCUT2D eigenvalue weighted by atomic mass is 10.1. The molecule has 0 aliphatic carbocycles. The maximum absolute atomic E-state index is 13.1. The second kappa shape index (κ2) is 5.69. The summed E-state index contributed by atoms with van der Waals surface area (Å²) in [6, 6.07) is 4.50. The Morgan fingerprint density at radius 2 is 2.21 bits per heavy atom. The van der Waals surface area contributed by atoms with Crippen molar-refractivity contribution in [3.63, 3.8) is 0 Å². The van der Waals surface area contributed by atoms with Gasteiger partial charge in [0.05, 0.1) is 16.8 Å². The van der Waals surface area contributed by atoms with Crippen LogP contribution in [0.1, 0.15) is 12.0 Å². The van der Waals surface area contributed by atoms with Crippen molar-refractivity contribution in [1.29, 1.82) is 0 Å². The molecule has 102 valence electrons. The Morgan fingerprint density at radius 3 is 2.79 bits per heavy atom. The summed E-state index contributed by atoms with van der Waals surface area (Å²) < 4.78 is 13.4. The molecule has 1 atom stereocenters. The fraction of sp³-hybridized carbons (Fsp3) is 0.385. The van der Waals surface area contributed by atoms with Gasteiger partial charge in [-0.05, 0) is 40.0 Å². The Hall–Kier alpha value is -1.43. The van der Waals surface area contributed by atoms with Crippen LogP contribution < -0.4 is 5.73 Å². The van der Waals surface area contributed by atoms with E-state index >= 15 is 0 Å². The van der Waals surface area contributed by atoms with Crippen LogP contribution in [0.5, 0.6) is 0 Å². The van der Waals surface area contributed by atoms with Gasteiger partial charge >= 0.3 is 0 Å². The summed E-state index contributed by atoms with van der Waals surface area (Å²) in [5.74, 6) is -1.03. The minimum absolute atomic E-state index is 0.0674. The van der Waals surface area contributed by atoms with E-state index in [1.807, 2.05) is 0 Å². The maximum atomic E-state index is 13.1. The summed E-state index contributed by atoms with van der Waals surface area (Å²) in [4.78, 5) is 24.7. The van der Waals surface area contributed by atoms with Gasteiger partial charge in [0, 0.05) is 13.1 Å². The highest BCUT2D eigenvalue weighted by molar-refractivity contribution is 9.10. The van der Waals surface area contributed by atoms with E-state index in [2.05, 4.69) is 15.9 Å². The number of halogens is 2. The van der Waals surface area contributed by atoms with Crippen molar-refractivity contribution in [3.05, 3.63) is 34.1 Å². The predicted molar refractivity (Wildman–Crippen MR) is 71.7 cm³/mol. The van der Waals surface area contributed by atoms with E-state index in [1.165, 1.54) is 6.07 Å². The second-order valence-corrected chi connectivity index (χ2v) is 5.51. The molecule has 0 aromatic heterocycles. The Labute approximate surface area is 118 Å². The van der Waals surface area contributed by atoms with Gasteiger partial charge in [0.15, 0.2) is 0 Å². The number of hydrogen-bond donors (Lipinski definition) is 1. The Balaban J connectivity index is 1.98. The number of carbonyl (C=O) groups is 2. The number of nitrogens with zero attached hydrogens (tertiary/aromatic N) is 1. The van der Waals surface area contributed by atoms with Gasteiger partial charge in [0.25, 0.3) is 0 Å². The van der Waals surface area contributed by atoms with Crippen LogP contribution >= 0.6 is 15.9 Å². The van der Waals surface area contributed by atoms with Crippen molar-refractivity contribution in [1.82, 2.24) is 4.90 Å². The zero-order valence-corrected chi connectivity index (χ0v) is 11.8. The molecule has 0 spiro atoms. The number of likely N-dealkylation sites (tertiary alicyclic amines) is 1. The number of hydrogen-bond acceptors (Lipinski definition) is 2. The minimum Gasteiger partial charge on any atom is -0.369 e. The molecule has 1 aromatic carbocycles. The number of carbonyl (C=O) groups excluding carboxylic acids is 2. The summed E-state index contributed by atoms with van der Waals surface area (Å²) in [5.41, 5.74) is 5.96. The molecule has 2 amide bonds. The molecular formula is C13H14BrFN2O2. The zero-order valence-electron chi connectivity index (χ0n) is 10.2. The van der Waals surface area contributed by atoms with Crippen molar-refractivity contribution >= 4 is 27.7 Å². The van der Waals surface area contributed by atoms with Gasteiger partial charge < -0.3 is 10.6 Å². The van der Waals surface area contributed by atoms with Gasteiger partial charge in [0.2, 0.25) is 11.8 Å². The molecule has 1 heterocycles. The molecule has 6 heteroatoms. The molecule has 1 saturated heterocycles. The Morgan fingerprint density at radius 1 is 1.47 bits per heavy atom. The van der Waals surface area contributed by atoms with Crippen LogP contribution in [0.25, 0.3) is 0 Å². The highest BCUT2D eigenvalue weighted by atomic mass is 79.9. The lowest BCUT2D eigenvalue weighted by Crippen LogP contribution is -2.32. The number of primary amides is 1. The molecule has 1 fully saturated rings. The van der Waals surface area contributed by atoms with Crippen LogP contribution in [0.2, 0.25) is 0 Å². The van der Waals surface area contributed by atoms with E-state index in [1.54, 1.807) is 17.0 Å². The quantitative estimate of drug-likeness (QED) is 0.913. The average Bonchev–Trinajstić information content (AvgIpc) is 2.83. The molecule has 2 N–H and O–H groups in total. The molecule has 0 radical (unpaired) electrons. The highest BCUT2D eigenvalue weighted by Gasteiger charge is 2.29. The van der Waals surface area contributed by atoms with Crippen LogP contribution in [0.4, 0.5) is 4.39 Å². The van der Waals surface area contributed by atoms with Gasteiger partial charge in [0.1, 0.15) is 5.82 Å². The van der Waals surface area contributed by atoms with Crippen LogP contribution in [-0.4, -0.2) is 29.8 Å². The smallest absolute Gasteiger partial charge is 0.227 e. The van der Waals surface area contributed by atoms with E-state index in [0.29, 0.717) is 24.0 Å². The van der Waals surface area contributed by atoms with Gasteiger partial charge in [-0.2, -0.15) is 0 Å². The second-order valence-electron chi connectivity index (χ2n) is 4.65. The van der Waals surface area contributed by atoms with Crippen LogP contribution in [0.3, 0.4) is 0 Å². The molecule has 1 aliphatic rings. The molecule has 1 aromatic rings. The number of amides is 2. The summed E-state index contributed by atoms with van der Waals surface area (Å²) in [6.07, 6.45) is 0.818. The Bertz CT molecular complexity index is 521. The van der Waals surface area contributed by atoms with Crippen molar-refractivity contribution in [2.24, 2.45) is 11.7 Å². The summed E-state index contributed by atoms with van der Waals surface area (Å²) in [7, 11) is 0. The lowest BCUT2D eigenvalue weighted by molar-refractivity contribution is -0.129. The molecule has 19 heavy (non-hydrogen) atoms. The first-order valence-corrected chi connectivity index (χ1v) is 6.77. The first kappa shape index (κ1) is 14.0.